The molecule has 0 unspecified atom stereocenters. The number of amides is 2. The van der Waals surface area contributed by atoms with E-state index in [1.807, 2.05) is 0 Å². The number of rotatable bonds is 3. The lowest BCUT2D eigenvalue weighted by molar-refractivity contribution is 0.262. The summed E-state index contributed by atoms with van der Waals surface area (Å²) in [6.45, 7) is 0. The summed E-state index contributed by atoms with van der Waals surface area (Å²) in [6, 6.07) is 8.89. The van der Waals surface area contributed by atoms with Crippen LogP contribution in [0.4, 0.5) is 16.2 Å². The van der Waals surface area contributed by atoms with Gasteiger partial charge < -0.3 is 15.5 Å². The van der Waals surface area contributed by atoms with Crippen LogP contribution in [0, 0.1) is 0 Å². The van der Waals surface area contributed by atoms with Gasteiger partial charge in [0.2, 0.25) is 0 Å². The minimum absolute atomic E-state index is 0.279. The van der Waals surface area contributed by atoms with Gasteiger partial charge in [0.15, 0.2) is 5.75 Å². The third-order valence-electron chi connectivity index (χ3n) is 2.44. The molecule has 0 fully saturated rings. The van der Waals surface area contributed by atoms with Crippen LogP contribution in [0.25, 0.3) is 0 Å². The van der Waals surface area contributed by atoms with E-state index < -0.39 is 6.03 Å². The van der Waals surface area contributed by atoms with Crippen molar-refractivity contribution < 1.29 is 9.63 Å². The number of nitrogens with two attached hydrogens (primary N) is 1. The highest BCUT2D eigenvalue weighted by molar-refractivity contribution is 6.35. The molecule has 21 heavy (non-hydrogen) atoms. The Morgan fingerprint density at radius 1 is 0.952 bits per heavy atom. The van der Waals surface area contributed by atoms with Gasteiger partial charge in [0.05, 0.1) is 5.02 Å². The maximum absolute atomic E-state index is 11.9. The molecule has 4 N–H and O–H groups in total. The lowest BCUT2D eigenvalue weighted by Gasteiger charge is -2.09. The Hall–Kier alpha value is -1.66. The molecule has 2 aromatic carbocycles. The second kappa shape index (κ2) is 6.87. The second-order valence-corrected chi connectivity index (χ2v) is 5.28. The van der Waals surface area contributed by atoms with E-state index in [0.29, 0.717) is 27.2 Å². The van der Waals surface area contributed by atoms with E-state index in [4.69, 9.17) is 40.7 Å². The predicted octanol–water partition coefficient (Wildman–Crippen LogP) is 4.54. The van der Waals surface area contributed by atoms with Gasteiger partial charge in [-0.3, -0.25) is 0 Å². The van der Waals surface area contributed by atoms with Gasteiger partial charge in [-0.05, 0) is 36.4 Å². The SMILES string of the molecule is NOc1ccc(NC(=O)Nc2cc(Cl)cc(Cl)c2)cc1Cl. The van der Waals surface area contributed by atoms with Gasteiger partial charge in [0.1, 0.15) is 0 Å². The summed E-state index contributed by atoms with van der Waals surface area (Å²) in [4.78, 5) is 16.4. The van der Waals surface area contributed by atoms with Gasteiger partial charge in [-0.25, -0.2) is 4.79 Å². The first-order valence-electron chi connectivity index (χ1n) is 5.68. The molecule has 5 nitrogen and oxygen atoms in total. The quantitative estimate of drug-likeness (QED) is 0.714. The molecule has 0 atom stereocenters. The van der Waals surface area contributed by atoms with Crippen molar-refractivity contribution in [1.29, 1.82) is 0 Å². The van der Waals surface area contributed by atoms with E-state index in [2.05, 4.69) is 15.5 Å². The fourth-order valence-corrected chi connectivity index (χ4v) is 2.34. The molecule has 8 heteroatoms. The monoisotopic (exact) mass is 345 g/mol. The van der Waals surface area contributed by atoms with Crippen LogP contribution < -0.4 is 21.4 Å². The number of benzene rings is 2. The molecule has 0 saturated carbocycles. The van der Waals surface area contributed by atoms with E-state index in [0.717, 1.165) is 0 Å². The fraction of sp³-hybridized carbons (Fsp3) is 0. The van der Waals surface area contributed by atoms with E-state index in [1.54, 1.807) is 24.3 Å². The van der Waals surface area contributed by atoms with Crippen molar-refractivity contribution in [3.05, 3.63) is 51.5 Å². The molecular formula is C13H10Cl3N3O2. The van der Waals surface area contributed by atoms with Crippen molar-refractivity contribution in [1.82, 2.24) is 0 Å². The maximum Gasteiger partial charge on any atom is 0.323 e. The maximum atomic E-state index is 11.9. The van der Waals surface area contributed by atoms with Gasteiger partial charge in [-0.2, -0.15) is 5.90 Å². The zero-order valence-corrected chi connectivity index (χ0v) is 12.8. The molecule has 2 aromatic rings. The fourth-order valence-electron chi connectivity index (χ4n) is 1.59. The standard InChI is InChI=1S/C13H10Cl3N3O2/c14-7-3-8(15)5-10(4-7)19-13(20)18-9-1-2-12(21-17)11(16)6-9/h1-6H,17H2,(H2,18,19,20). The number of hydrogen-bond donors (Lipinski definition) is 3. The summed E-state index contributed by atoms with van der Waals surface area (Å²) in [5, 5.41) is 6.33. The summed E-state index contributed by atoms with van der Waals surface area (Å²) in [5.41, 5.74) is 0.949. The van der Waals surface area contributed by atoms with Gasteiger partial charge in [-0.1, -0.05) is 34.8 Å². The molecule has 0 aromatic heterocycles. The first-order valence-corrected chi connectivity index (χ1v) is 6.81. The number of hydrogen-bond acceptors (Lipinski definition) is 3. The zero-order chi connectivity index (χ0) is 15.4. The number of halogens is 3. The molecule has 0 saturated heterocycles. The van der Waals surface area contributed by atoms with E-state index in [9.17, 15) is 4.79 Å². The minimum Gasteiger partial charge on any atom is -0.410 e. The molecule has 0 bridgehead atoms. The van der Waals surface area contributed by atoms with Crippen LogP contribution in [0.2, 0.25) is 15.1 Å². The van der Waals surface area contributed by atoms with Crippen LogP contribution in [0.5, 0.6) is 5.75 Å². The summed E-state index contributed by atoms with van der Waals surface area (Å²) in [7, 11) is 0. The highest BCUT2D eigenvalue weighted by Crippen LogP contribution is 2.27. The van der Waals surface area contributed by atoms with Crippen molar-refractivity contribution in [2.24, 2.45) is 5.90 Å². The van der Waals surface area contributed by atoms with E-state index in [1.165, 1.54) is 12.1 Å². The number of anilines is 2. The van der Waals surface area contributed by atoms with Crippen molar-refractivity contribution in [3.63, 3.8) is 0 Å². The Labute approximate surface area is 135 Å². The van der Waals surface area contributed by atoms with Crippen LogP contribution in [0.1, 0.15) is 0 Å². The average molecular weight is 347 g/mol. The Kier molecular flexibility index (Phi) is 5.14. The smallest absolute Gasteiger partial charge is 0.323 e. The second-order valence-electron chi connectivity index (χ2n) is 4.00. The minimum atomic E-state index is -0.467. The third-order valence-corrected chi connectivity index (χ3v) is 3.17. The third kappa shape index (κ3) is 4.41. The van der Waals surface area contributed by atoms with Crippen molar-refractivity contribution in [2.75, 3.05) is 10.6 Å². The lowest BCUT2D eigenvalue weighted by Crippen LogP contribution is -2.19. The molecular weight excluding hydrogens is 337 g/mol. The zero-order valence-electron chi connectivity index (χ0n) is 10.5. The van der Waals surface area contributed by atoms with Crippen molar-refractivity contribution >= 4 is 52.2 Å². The molecule has 0 spiro atoms. The van der Waals surface area contributed by atoms with Crippen LogP contribution in [-0.2, 0) is 0 Å². The topological polar surface area (TPSA) is 76.4 Å². The first-order chi connectivity index (χ1) is 9.97. The van der Waals surface area contributed by atoms with Gasteiger partial charge in [0.25, 0.3) is 0 Å². The van der Waals surface area contributed by atoms with Gasteiger partial charge in [0, 0.05) is 21.4 Å². The molecule has 0 radical (unpaired) electrons. The van der Waals surface area contributed by atoms with Crippen LogP contribution >= 0.6 is 34.8 Å². The normalized spacial score (nSPS) is 10.1. The van der Waals surface area contributed by atoms with Crippen LogP contribution in [-0.4, -0.2) is 6.03 Å². The highest BCUT2D eigenvalue weighted by Gasteiger charge is 2.07. The lowest BCUT2D eigenvalue weighted by atomic mass is 10.3. The largest absolute Gasteiger partial charge is 0.410 e. The Morgan fingerprint density at radius 3 is 2.14 bits per heavy atom. The molecule has 0 heterocycles. The molecule has 0 aliphatic carbocycles. The molecule has 0 aliphatic rings. The highest BCUT2D eigenvalue weighted by atomic mass is 35.5. The molecule has 110 valence electrons. The molecule has 2 rings (SSSR count). The number of carbonyl (C=O) groups is 1. The van der Waals surface area contributed by atoms with Crippen LogP contribution in [0.3, 0.4) is 0 Å². The average Bonchev–Trinajstić information content (AvgIpc) is 2.37. The summed E-state index contributed by atoms with van der Waals surface area (Å²) >= 11 is 17.6. The summed E-state index contributed by atoms with van der Waals surface area (Å²) in [5.74, 6) is 5.33. The molecule has 0 aliphatic heterocycles. The van der Waals surface area contributed by atoms with Crippen LogP contribution in [0.15, 0.2) is 36.4 Å². The molecule has 2 amide bonds. The van der Waals surface area contributed by atoms with Crippen molar-refractivity contribution in [3.8, 4) is 5.75 Å². The van der Waals surface area contributed by atoms with E-state index >= 15 is 0 Å². The summed E-state index contributed by atoms with van der Waals surface area (Å²) in [6.07, 6.45) is 0. The first kappa shape index (κ1) is 15.7. The Bertz CT molecular complexity index is 659. The predicted molar refractivity (Wildman–Crippen MR) is 85.4 cm³/mol. The van der Waals surface area contributed by atoms with Gasteiger partial charge >= 0.3 is 6.03 Å². The van der Waals surface area contributed by atoms with Gasteiger partial charge in [-0.15, -0.1) is 0 Å². The van der Waals surface area contributed by atoms with E-state index in [-0.39, 0.29) is 5.02 Å². The number of carbonyl (C=O) groups excluding carboxylic acids is 1. The Balaban J connectivity index is 2.06. The number of nitrogens with one attached hydrogen (secondary N) is 2. The number of urea groups is 1. The summed E-state index contributed by atoms with van der Waals surface area (Å²) < 4.78 is 0. The van der Waals surface area contributed by atoms with Crippen molar-refractivity contribution in [2.45, 2.75) is 0 Å². The Morgan fingerprint density at radius 2 is 1.57 bits per heavy atom.